The first-order chi connectivity index (χ1) is 12.2. The fourth-order valence-electron chi connectivity index (χ4n) is 4.57. The Hall–Kier alpha value is -2.53. The monoisotopic (exact) mass is 335 g/mol. The number of amides is 1. The van der Waals surface area contributed by atoms with E-state index in [0.717, 1.165) is 30.0 Å². The summed E-state index contributed by atoms with van der Waals surface area (Å²) in [6, 6.07) is 15.3. The first-order valence-corrected chi connectivity index (χ1v) is 8.95. The normalized spacial score (nSPS) is 26.6. The molecule has 0 spiro atoms. The summed E-state index contributed by atoms with van der Waals surface area (Å²) in [5, 5.41) is 3.71. The number of nitrogens with two attached hydrogens (primary N) is 1. The van der Waals surface area contributed by atoms with Gasteiger partial charge < -0.3 is 20.7 Å². The van der Waals surface area contributed by atoms with Crippen molar-refractivity contribution in [1.29, 1.82) is 0 Å². The number of rotatable bonds is 2. The minimum Gasteiger partial charge on any atom is -0.453 e. The Morgan fingerprint density at radius 1 is 1.04 bits per heavy atom. The lowest BCUT2D eigenvalue weighted by Gasteiger charge is -2.42. The molecular formula is C20H21N3O2. The molecule has 2 unspecified atom stereocenters. The van der Waals surface area contributed by atoms with Gasteiger partial charge in [-0.15, -0.1) is 0 Å². The van der Waals surface area contributed by atoms with E-state index in [9.17, 15) is 4.79 Å². The van der Waals surface area contributed by atoms with Crippen LogP contribution < -0.4 is 20.7 Å². The molecular weight excluding hydrogens is 314 g/mol. The topological polar surface area (TPSA) is 67.6 Å². The highest BCUT2D eigenvalue weighted by Gasteiger charge is 2.39. The van der Waals surface area contributed by atoms with Crippen LogP contribution in [0.15, 0.2) is 42.5 Å². The van der Waals surface area contributed by atoms with E-state index in [-0.39, 0.29) is 0 Å². The number of hydrogen-bond donors (Lipinski definition) is 2. The minimum absolute atomic E-state index is 0.432. The molecule has 3 N–H and O–H groups in total. The van der Waals surface area contributed by atoms with Crippen LogP contribution in [0.3, 0.4) is 0 Å². The minimum atomic E-state index is -0.434. The summed E-state index contributed by atoms with van der Waals surface area (Å²) < 4.78 is 6.09. The Morgan fingerprint density at radius 3 is 2.52 bits per heavy atom. The van der Waals surface area contributed by atoms with Crippen molar-refractivity contribution in [2.24, 2.45) is 5.73 Å². The maximum Gasteiger partial charge on any atom is 0.248 e. The van der Waals surface area contributed by atoms with E-state index < -0.39 is 5.91 Å². The molecule has 2 saturated heterocycles. The second-order valence-electron chi connectivity index (χ2n) is 7.25. The lowest BCUT2D eigenvalue weighted by molar-refractivity contribution is 0.1000. The molecule has 2 atom stereocenters. The Balaban J connectivity index is 1.61. The molecule has 5 rings (SSSR count). The predicted molar refractivity (Wildman–Crippen MR) is 96.6 cm³/mol. The summed E-state index contributed by atoms with van der Waals surface area (Å²) in [5.74, 6) is 1.11. The van der Waals surface area contributed by atoms with Gasteiger partial charge in [0.1, 0.15) is 0 Å². The number of benzene rings is 2. The average molecular weight is 335 g/mol. The van der Waals surface area contributed by atoms with Gasteiger partial charge in [0.15, 0.2) is 11.5 Å². The van der Waals surface area contributed by atoms with Gasteiger partial charge in [-0.3, -0.25) is 4.79 Å². The predicted octanol–water partition coefficient (Wildman–Crippen LogP) is 3.31. The van der Waals surface area contributed by atoms with Crippen LogP contribution in [0.5, 0.6) is 11.5 Å². The third-order valence-electron chi connectivity index (χ3n) is 5.66. The molecule has 128 valence electrons. The maximum absolute atomic E-state index is 11.6. The van der Waals surface area contributed by atoms with Gasteiger partial charge in [0, 0.05) is 23.7 Å². The maximum atomic E-state index is 11.6. The van der Waals surface area contributed by atoms with Gasteiger partial charge in [-0.25, -0.2) is 0 Å². The Labute approximate surface area is 146 Å². The largest absolute Gasteiger partial charge is 0.453 e. The van der Waals surface area contributed by atoms with Crippen molar-refractivity contribution in [2.75, 3.05) is 4.90 Å². The Kier molecular flexibility index (Phi) is 3.25. The second kappa shape index (κ2) is 5.49. The molecule has 5 heteroatoms. The van der Waals surface area contributed by atoms with Crippen LogP contribution in [0.2, 0.25) is 0 Å². The van der Waals surface area contributed by atoms with Gasteiger partial charge in [-0.05, 0) is 56.0 Å². The van der Waals surface area contributed by atoms with Crippen LogP contribution in [0.25, 0.3) is 0 Å². The molecule has 2 aromatic carbocycles. The fraction of sp³-hybridized carbons (Fsp3) is 0.350. The smallest absolute Gasteiger partial charge is 0.248 e. The highest BCUT2D eigenvalue weighted by molar-refractivity contribution is 5.94. The van der Waals surface area contributed by atoms with Crippen molar-refractivity contribution in [3.63, 3.8) is 0 Å². The van der Waals surface area contributed by atoms with Gasteiger partial charge >= 0.3 is 0 Å². The summed E-state index contributed by atoms with van der Waals surface area (Å²) >= 11 is 0. The number of nitrogens with zero attached hydrogens (tertiary/aromatic N) is 1. The number of primary amides is 1. The first-order valence-electron chi connectivity index (χ1n) is 8.95. The van der Waals surface area contributed by atoms with Crippen molar-refractivity contribution in [2.45, 2.75) is 43.8 Å². The van der Waals surface area contributed by atoms with Crippen molar-refractivity contribution in [3.8, 4) is 11.5 Å². The average Bonchev–Trinajstić information content (AvgIpc) is 2.97. The highest BCUT2D eigenvalue weighted by Crippen LogP contribution is 2.49. The molecule has 25 heavy (non-hydrogen) atoms. The van der Waals surface area contributed by atoms with E-state index in [1.54, 1.807) is 12.1 Å². The molecule has 5 nitrogen and oxygen atoms in total. The van der Waals surface area contributed by atoms with E-state index in [4.69, 9.17) is 10.5 Å². The SMILES string of the molecule is NC(=O)c1ccc2c(c1)Oc1ccccc1N2C1CC2CCC(C1)N2. The molecule has 3 heterocycles. The number of carbonyl (C=O) groups excluding carboxylic acids is 1. The van der Waals surface area contributed by atoms with Crippen molar-refractivity contribution in [3.05, 3.63) is 48.0 Å². The lowest BCUT2D eigenvalue weighted by atomic mass is 9.95. The summed E-state index contributed by atoms with van der Waals surface area (Å²) in [6.07, 6.45) is 4.78. The fourth-order valence-corrected chi connectivity index (χ4v) is 4.57. The molecule has 0 aliphatic carbocycles. The van der Waals surface area contributed by atoms with Gasteiger partial charge in [-0.2, -0.15) is 0 Å². The van der Waals surface area contributed by atoms with Crippen molar-refractivity contribution < 1.29 is 9.53 Å². The third kappa shape index (κ3) is 2.38. The number of piperidine rings is 1. The molecule has 2 bridgehead atoms. The zero-order valence-electron chi connectivity index (χ0n) is 13.9. The van der Waals surface area contributed by atoms with E-state index >= 15 is 0 Å². The van der Waals surface area contributed by atoms with Gasteiger partial charge in [0.05, 0.1) is 11.4 Å². The number of nitrogens with one attached hydrogen (secondary N) is 1. The van der Waals surface area contributed by atoms with E-state index in [0.29, 0.717) is 29.4 Å². The Morgan fingerprint density at radius 2 is 1.76 bits per heavy atom. The number of ether oxygens (including phenoxy) is 1. The summed E-state index contributed by atoms with van der Waals surface area (Å²) in [6.45, 7) is 0. The summed E-state index contributed by atoms with van der Waals surface area (Å²) in [5.41, 5.74) is 8.05. The summed E-state index contributed by atoms with van der Waals surface area (Å²) in [4.78, 5) is 14.0. The molecule has 3 aliphatic rings. The quantitative estimate of drug-likeness (QED) is 0.883. The molecule has 0 aromatic heterocycles. The molecule has 2 aromatic rings. The number of para-hydroxylation sites is 2. The van der Waals surface area contributed by atoms with Crippen LogP contribution in [-0.2, 0) is 0 Å². The van der Waals surface area contributed by atoms with E-state index in [2.05, 4.69) is 16.3 Å². The molecule has 3 aliphatic heterocycles. The number of hydrogen-bond acceptors (Lipinski definition) is 4. The van der Waals surface area contributed by atoms with E-state index in [1.807, 2.05) is 24.3 Å². The molecule has 1 amide bonds. The Bertz CT molecular complexity index is 839. The zero-order valence-corrected chi connectivity index (χ0v) is 13.9. The third-order valence-corrected chi connectivity index (χ3v) is 5.66. The second-order valence-corrected chi connectivity index (χ2v) is 7.25. The van der Waals surface area contributed by atoms with E-state index in [1.165, 1.54) is 12.8 Å². The molecule has 0 saturated carbocycles. The van der Waals surface area contributed by atoms with Crippen LogP contribution >= 0.6 is 0 Å². The zero-order chi connectivity index (χ0) is 17.0. The van der Waals surface area contributed by atoms with Crippen LogP contribution in [0.1, 0.15) is 36.0 Å². The van der Waals surface area contributed by atoms with Crippen LogP contribution in [-0.4, -0.2) is 24.0 Å². The number of anilines is 2. The number of fused-ring (bicyclic) bond motifs is 4. The van der Waals surface area contributed by atoms with Crippen molar-refractivity contribution >= 4 is 17.3 Å². The lowest BCUT2D eigenvalue weighted by Crippen LogP contribution is -2.47. The summed E-state index contributed by atoms with van der Waals surface area (Å²) in [7, 11) is 0. The molecule has 0 radical (unpaired) electrons. The van der Waals surface area contributed by atoms with Crippen molar-refractivity contribution in [1.82, 2.24) is 5.32 Å². The van der Waals surface area contributed by atoms with Gasteiger partial charge in [0.2, 0.25) is 5.91 Å². The standard InChI is InChI=1S/C20H21N3O2/c21-20(24)12-5-8-17-19(9-12)25-18-4-2-1-3-16(18)23(17)15-10-13-6-7-14(11-15)22-13/h1-5,8-9,13-15,22H,6-7,10-11H2,(H2,21,24). The molecule has 2 fully saturated rings. The van der Waals surface area contributed by atoms with Gasteiger partial charge in [-0.1, -0.05) is 12.1 Å². The number of carbonyl (C=O) groups is 1. The van der Waals surface area contributed by atoms with Gasteiger partial charge in [0.25, 0.3) is 0 Å². The highest BCUT2D eigenvalue weighted by atomic mass is 16.5. The van der Waals surface area contributed by atoms with Crippen LogP contribution in [0.4, 0.5) is 11.4 Å². The first kappa shape index (κ1) is 14.8. The van der Waals surface area contributed by atoms with Crippen LogP contribution in [0, 0.1) is 0 Å².